The predicted octanol–water partition coefficient (Wildman–Crippen LogP) is 4.18. The zero-order valence-electron chi connectivity index (χ0n) is 17.6. The molecular weight excluding hydrogens is 350 g/mol. The van der Waals surface area contributed by atoms with E-state index in [4.69, 9.17) is 4.74 Å². The van der Waals surface area contributed by atoms with E-state index in [-0.39, 0.29) is 22.9 Å². The van der Waals surface area contributed by atoms with E-state index in [2.05, 4.69) is 37.1 Å². The van der Waals surface area contributed by atoms with Gasteiger partial charge in [-0.25, -0.2) is 0 Å². The van der Waals surface area contributed by atoms with Crippen molar-refractivity contribution in [3.05, 3.63) is 41.6 Å². The van der Waals surface area contributed by atoms with Crippen LogP contribution in [0.5, 0.6) is 5.75 Å². The van der Waals surface area contributed by atoms with Crippen LogP contribution in [0.1, 0.15) is 58.6 Å². The minimum Gasteiger partial charge on any atom is -0.497 e. The molecule has 5 nitrogen and oxygen atoms in total. The molecule has 2 bridgehead atoms. The lowest BCUT2D eigenvalue weighted by molar-refractivity contribution is -0.117. The zero-order chi connectivity index (χ0) is 20.5. The highest BCUT2D eigenvalue weighted by atomic mass is 16.5. The number of rotatable bonds is 5. The molecule has 2 fully saturated rings. The normalized spacial score (nSPS) is 27.1. The molecule has 1 aliphatic carbocycles. The van der Waals surface area contributed by atoms with Crippen molar-refractivity contribution in [2.45, 2.75) is 59.0 Å². The van der Waals surface area contributed by atoms with Gasteiger partial charge in [-0.15, -0.1) is 0 Å². The predicted molar refractivity (Wildman–Crippen MR) is 109 cm³/mol. The maximum absolute atomic E-state index is 12.7. The van der Waals surface area contributed by atoms with E-state index in [1.807, 2.05) is 31.2 Å². The highest BCUT2D eigenvalue weighted by molar-refractivity contribution is 5.97. The fraction of sp³-hybridized carbons (Fsp3) is 0.565. The molecule has 3 rings (SSSR count). The van der Waals surface area contributed by atoms with E-state index in [0.29, 0.717) is 11.5 Å². The second-order valence-electron chi connectivity index (χ2n) is 9.51. The first-order chi connectivity index (χ1) is 13.1. The fourth-order valence-electron chi connectivity index (χ4n) is 5.21. The van der Waals surface area contributed by atoms with Crippen molar-refractivity contribution < 1.29 is 9.53 Å². The summed E-state index contributed by atoms with van der Waals surface area (Å²) in [5.41, 5.74) is 1.71. The first-order valence-electron chi connectivity index (χ1n) is 9.97. The summed E-state index contributed by atoms with van der Waals surface area (Å²) in [5.74, 6) is 0.452. The van der Waals surface area contributed by atoms with Gasteiger partial charge in [0.25, 0.3) is 5.91 Å². The summed E-state index contributed by atoms with van der Waals surface area (Å²) < 4.78 is 5.17. The Hall–Kier alpha value is -2.48. The Balaban J connectivity index is 1.70. The number of nitrogens with zero attached hydrogens (tertiary/aromatic N) is 2. The molecular formula is C23H31N3O2. The summed E-state index contributed by atoms with van der Waals surface area (Å²) in [6.45, 7) is 9.79. The number of carbonyl (C=O) groups excluding carboxylic acids is 1. The molecule has 0 radical (unpaired) electrons. The summed E-state index contributed by atoms with van der Waals surface area (Å²) in [7, 11) is 1.62. The van der Waals surface area contributed by atoms with Crippen molar-refractivity contribution in [3.63, 3.8) is 0 Å². The van der Waals surface area contributed by atoms with Gasteiger partial charge >= 0.3 is 0 Å². The maximum atomic E-state index is 12.7. The van der Waals surface area contributed by atoms with Crippen LogP contribution in [0.15, 0.2) is 36.0 Å². The van der Waals surface area contributed by atoms with Crippen molar-refractivity contribution in [1.82, 2.24) is 10.2 Å². The molecule has 3 atom stereocenters. The molecule has 150 valence electrons. The maximum Gasteiger partial charge on any atom is 0.263 e. The summed E-state index contributed by atoms with van der Waals surface area (Å²) in [5, 5.41) is 12.5. The SMILES string of the molecule is COc1ccc(C(C)NC(=O)/C(C#N)=C\N2CC3(C)CC2CC(C)(C)C3)cc1. The molecule has 1 amide bonds. The standard InChI is InChI=1S/C23H31N3O2/c1-16(17-6-8-20(28-5)9-7-17)25-21(27)18(12-24)13-26-15-23(4)11-19(26)10-22(2,3)14-23/h6-9,13,16,19H,10-11,14-15H2,1-5H3,(H,25,27)/b18-13-. The van der Waals surface area contributed by atoms with E-state index >= 15 is 0 Å². The highest BCUT2D eigenvalue weighted by Crippen LogP contribution is 2.52. The Kier molecular flexibility index (Phi) is 5.43. The number of ether oxygens (including phenoxy) is 1. The Morgan fingerprint density at radius 2 is 2.00 bits per heavy atom. The molecule has 0 aromatic heterocycles. The highest BCUT2D eigenvalue weighted by Gasteiger charge is 2.48. The second kappa shape index (κ2) is 7.50. The van der Waals surface area contributed by atoms with Crippen LogP contribution in [0, 0.1) is 22.2 Å². The summed E-state index contributed by atoms with van der Waals surface area (Å²) in [4.78, 5) is 14.9. The molecule has 1 saturated carbocycles. The summed E-state index contributed by atoms with van der Waals surface area (Å²) in [6, 6.07) is 9.90. The van der Waals surface area contributed by atoms with Gasteiger partial charge in [0.2, 0.25) is 0 Å². The number of hydrogen-bond donors (Lipinski definition) is 1. The number of benzene rings is 1. The van der Waals surface area contributed by atoms with E-state index in [1.165, 1.54) is 6.42 Å². The Morgan fingerprint density at radius 3 is 2.61 bits per heavy atom. The van der Waals surface area contributed by atoms with E-state index < -0.39 is 0 Å². The molecule has 1 saturated heterocycles. The smallest absolute Gasteiger partial charge is 0.263 e. The number of carbonyl (C=O) groups is 1. The van der Waals surface area contributed by atoms with Crippen molar-refractivity contribution in [2.75, 3.05) is 13.7 Å². The van der Waals surface area contributed by atoms with Gasteiger partial charge in [-0.3, -0.25) is 4.79 Å². The number of hydrogen-bond acceptors (Lipinski definition) is 4. The Labute approximate surface area is 168 Å². The third-order valence-corrected chi connectivity index (χ3v) is 6.08. The van der Waals surface area contributed by atoms with Gasteiger partial charge in [0, 0.05) is 18.8 Å². The second-order valence-corrected chi connectivity index (χ2v) is 9.51. The average Bonchev–Trinajstić information content (AvgIpc) is 2.87. The molecule has 1 aliphatic heterocycles. The van der Waals surface area contributed by atoms with E-state index in [9.17, 15) is 10.1 Å². The van der Waals surface area contributed by atoms with E-state index in [0.717, 1.165) is 30.7 Å². The lowest BCUT2D eigenvalue weighted by atomic mass is 9.65. The zero-order valence-corrected chi connectivity index (χ0v) is 17.6. The van der Waals surface area contributed by atoms with Crippen molar-refractivity contribution in [2.24, 2.45) is 10.8 Å². The molecule has 3 unspecified atom stereocenters. The minimum absolute atomic E-state index is 0.175. The third kappa shape index (κ3) is 4.32. The van der Waals surface area contributed by atoms with Crippen LogP contribution in [-0.4, -0.2) is 30.5 Å². The van der Waals surface area contributed by atoms with Gasteiger partial charge in [-0.2, -0.15) is 5.26 Å². The fourth-order valence-corrected chi connectivity index (χ4v) is 5.21. The van der Waals surface area contributed by atoms with Crippen LogP contribution in [-0.2, 0) is 4.79 Å². The number of nitrogens with one attached hydrogen (secondary N) is 1. The monoisotopic (exact) mass is 381 g/mol. The topological polar surface area (TPSA) is 65.4 Å². The lowest BCUT2D eigenvalue weighted by Gasteiger charge is -2.39. The first-order valence-corrected chi connectivity index (χ1v) is 9.97. The lowest BCUT2D eigenvalue weighted by Crippen LogP contribution is -2.34. The Morgan fingerprint density at radius 1 is 1.32 bits per heavy atom. The molecule has 0 spiro atoms. The summed E-state index contributed by atoms with van der Waals surface area (Å²) >= 11 is 0. The van der Waals surface area contributed by atoms with Crippen molar-refractivity contribution >= 4 is 5.91 Å². The van der Waals surface area contributed by atoms with Gasteiger partial charge in [0.15, 0.2) is 0 Å². The molecule has 5 heteroatoms. The molecule has 2 aliphatic rings. The molecule has 1 aromatic rings. The van der Waals surface area contributed by atoms with Crippen LogP contribution in [0.25, 0.3) is 0 Å². The van der Waals surface area contributed by atoms with Crippen LogP contribution in [0.3, 0.4) is 0 Å². The third-order valence-electron chi connectivity index (χ3n) is 6.08. The average molecular weight is 382 g/mol. The van der Waals surface area contributed by atoms with Gasteiger partial charge in [-0.05, 0) is 54.7 Å². The van der Waals surface area contributed by atoms with Gasteiger partial charge < -0.3 is 15.0 Å². The van der Waals surface area contributed by atoms with Crippen LogP contribution in [0.2, 0.25) is 0 Å². The van der Waals surface area contributed by atoms with Gasteiger partial charge in [-0.1, -0.05) is 32.9 Å². The first kappa shape index (κ1) is 20.3. The number of methoxy groups -OCH3 is 1. The van der Waals surface area contributed by atoms with Gasteiger partial charge in [0.1, 0.15) is 17.4 Å². The molecule has 28 heavy (non-hydrogen) atoms. The van der Waals surface area contributed by atoms with Gasteiger partial charge in [0.05, 0.1) is 13.2 Å². The van der Waals surface area contributed by atoms with E-state index in [1.54, 1.807) is 13.3 Å². The minimum atomic E-state index is -0.323. The largest absolute Gasteiger partial charge is 0.497 e. The summed E-state index contributed by atoms with van der Waals surface area (Å²) in [6.07, 6.45) is 5.20. The quantitative estimate of drug-likeness (QED) is 0.614. The molecule has 1 heterocycles. The van der Waals surface area contributed by atoms with Crippen LogP contribution < -0.4 is 10.1 Å². The molecule has 1 N–H and O–H groups in total. The number of nitriles is 1. The number of fused-ring (bicyclic) bond motifs is 2. The van der Waals surface area contributed by atoms with Crippen LogP contribution >= 0.6 is 0 Å². The Bertz CT molecular complexity index is 806. The number of amides is 1. The van der Waals surface area contributed by atoms with Crippen molar-refractivity contribution in [1.29, 1.82) is 5.26 Å². The van der Waals surface area contributed by atoms with Crippen molar-refractivity contribution in [3.8, 4) is 11.8 Å². The van der Waals surface area contributed by atoms with Crippen LogP contribution in [0.4, 0.5) is 0 Å². The molecule has 1 aromatic carbocycles. The number of likely N-dealkylation sites (tertiary alicyclic amines) is 1.